The van der Waals surface area contributed by atoms with Crippen LogP contribution >= 0.6 is 11.3 Å². The number of methoxy groups -OCH3 is 1. The molecule has 0 saturated heterocycles. The number of carbonyl (C=O) groups is 1. The summed E-state index contributed by atoms with van der Waals surface area (Å²) in [5.74, 6) is 1.87. The standard InChI is InChI=1S/C22H24N2O4S/c1-4-27-18-11-8-15(13-20(18)28-5-2)22-24-16(14-29-22)9-10-17(25)21-19(26-3)7-6-12-23-21/h6-8,11-14H,4-5,9-10H2,1-3H3. The average molecular weight is 413 g/mol. The highest BCUT2D eigenvalue weighted by atomic mass is 32.1. The van der Waals surface area contributed by atoms with Gasteiger partial charge in [-0.15, -0.1) is 11.3 Å². The molecule has 1 aromatic carbocycles. The van der Waals surface area contributed by atoms with Gasteiger partial charge in [-0.1, -0.05) is 0 Å². The van der Waals surface area contributed by atoms with Crippen molar-refractivity contribution in [1.82, 2.24) is 9.97 Å². The number of aromatic nitrogens is 2. The first-order valence-corrected chi connectivity index (χ1v) is 10.4. The van der Waals surface area contributed by atoms with E-state index < -0.39 is 0 Å². The van der Waals surface area contributed by atoms with Gasteiger partial charge in [-0.05, 0) is 50.6 Å². The minimum absolute atomic E-state index is 0.0586. The minimum Gasteiger partial charge on any atom is -0.494 e. The number of ketones is 1. The molecule has 152 valence electrons. The zero-order valence-electron chi connectivity index (χ0n) is 16.8. The smallest absolute Gasteiger partial charge is 0.185 e. The van der Waals surface area contributed by atoms with Crippen LogP contribution < -0.4 is 14.2 Å². The Labute approximate surface area is 174 Å². The lowest BCUT2D eigenvalue weighted by molar-refractivity contribution is 0.0974. The number of ether oxygens (including phenoxy) is 3. The Morgan fingerprint density at radius 3 is 2.62 bits per heavy atom. The van der Waals surface area contributed by atoms with Gasteiger partial charge in [-0.3, -0.25) is 4.79 Å². The topological polar surface area (TPSA) is 70.5 Å². The van der Waals surface area contributed by atoms with Crippen LogP contribution in [-0.2, 0) is 6.42 Å². The molecule has 0 aliphatic heterocycles. The number of aryl methyl sites for hydroxylation is 1. The quantitative estimate of drug-likeness (QED) is 0.444. The Hall–Kier alpha value is -2.93. The van der Waals surface area contributed by atoms with E-state index in [1.165, 1.54) is 7.11 Å². The van der Waals surface area contributed by atoms with Crippen molar-refractivity contribution in [2.45, 2.75) is 26.7 Å². The number of hydrogen-bond donors (Lipinski definition) is 0. The minimum atomic E-state index is -0.0586. The molecule has 3 aromatic rings. The molecule has 0 N–H and O–H groups in total. The summed E-state index contributed by atoms with van der Waals surface area (Å²) in [7, 11) is 1.54. The molecule has 29 heavy (non-hydrogen) atoms. The van der Waals surface area contributed by atoms with E-state index in [2.05, 4.69) is 9.97 Å². The van der Waals surface area contributed by atoms with Crippen LogP contribution in [0.25, 0.3) is 10.6 Å². The van der Waals surface area contributed by atoms with Crippen LogP contribution in [-0.4, -0.2) is 36.1 Å². The maximum absolute atomic E-state index is 12.5. The third-order valence-corrected chi connectivity index (χ3v) is 5.15. The summed E-state index contributed by atoms with van der Waals surface area (Å²) >= 11 is 1.54. The molecule has 0 saturated carbocycles. The maximum Gasteiger partial charge on any atom is 0.185 e. The molecule has 7 heteroatoms. The largest absolute Gasteiger partial charge is 0.494 e. The normalized spacial score (nSPS) is 10.6. The van der Waals surface area contributed by atoms with Crippen molar-refractivity contribution in [3.05, 3.63) is 53.3 Å². The van der Waals surface area contributed by atoms with E-state index in [0.29, 0.717) is 43.2 Å². The van der Waals surface area contributed by atoms with Crippen molar-refractivity contribution in [3.8, 4) is 27.8 Å². The number of pyridine rings is 1. The monoisotopic (exact) mass is 412 g/mol. The molecule has 0 spiro atoms. The number of carbonyl (C=O) groups excluding carboxylic acids is 1. The third kappa shape index (κ3) is 5.12. The summed E-state index contributed by atoms with van der Waals surface area (Å²) in [6, 6.07) is 9.31. The lowest BCUT2D eigenvalue weighted by Gasteiger charge is -2.11. The molecule has 0 radical (unpaired) electrons. The van der Waals surface area contributed by atoms with Crippen LogP contribution in [0.3, 0.4) is 0 Å². The van der Waals surface area contributed by atoms with Gasteiger partial charge in [0.15, 0.2) is 17.3 Å². The van der Waals surface area contributed by atoms with Crippen molar-refractivity contribution in [3.63, 3.8) is 0 Å². The van der Waals surface area contributed by atoms with Crippen LogP contribution in [0.1, 0.15) is 36.5 Å². The van der Waals surface area contributed by atoms with Gasteiger partial charge in [0, 0.05) is 23.6 Å². The van der Waals surface area contributed by atoms with E-state index in [1.807, 2.05) is 37.4 Å². The molecule has 0 amide bonds. The number of nitrogens with zero attached hydrogens (tertiary/aromatic N) is 2. The summed E-state index contributed by atoms with van der Waals surface area (Å²) < 4.78 is 16.5. The molecule has 0 aliphatic rings. The molecule has 0 bridgehead atoms. The summed E-state index contributed by atoms with van der Waals surface area (Å²) in [5.41, 5.74) is 2.20. The second-order valence-corrected chi connectivity index (χ2v) is 7.01. The fraction of sp³-hybridized carbons (Fsp3) is 0.318. The number of Topliss-reactive ketones (excluding diaryl/α,β-unsaturated/α-hetero) is 1. The van der Waals surface area contributed by atoms with E-state index in [4.69, 9.17) is 14.2 Å². The Balaban J connectivity index is 1.71. The van der Waals surface area contributed by atoms with Crippen LogP contribution in [0.2, 0.25) is 0 Å². The van der Waals surface area contributed by atoms with Crippen LogP contribution in [0.5, 0.6) is 17.2 Å². The summed E-state index contributed by atoms with van der Waals surface area (Å²) in [4.78, 5) is 21.3. The predicted octanol–water partition coefficient (Wildman–Crippen LogP) is 4.83. The predicted molar refractivity (Wildman–Crippen MR) is 113 cm³/mol. The summed E-state index contributed by atoms with van der Waals surface area (Å²) in [6.07, 6.45) is 2.47. The average Bonchev–Trinajstić information content (AvgIpc) is 3.22. The third-order valence-electron chi connectivity index (χ3n) is 4.21. The fourth-order valence-electron chi connectivity index (χ4n) is 2.86. The number of hydrogen-bond acceptors (Lipinski definition) is 7. The van der Waals surface area contributed by atoms with Crippen molar-refractivity contribution in [1.29, 1.82) is 0 Å². The van der Waals surface area contributed by atoms with E-state index in [9.17, 15) is 4.79 Å². The maximum atomic E-state index is 12.5. The highest BCUT2D eigenvalue weighted by Gasteiger charge is 2.15. The van der Waals surface area contributed by atoms with E-state index >= 15 is 0 Å². The first kappa shape index (κ1) is 20.8. The number of benzene rings is 1. The lowest BCUT2D eigenvalue weighted by atomic mass is 10.1. The first-order chi connectivity index (χ1) is 14.2. The van der Waals surface area contributed by atoms with Gasteiger partial charge >= 0.3 is 0 Å². The van der Waals surface area contributed by atoms with Gasteiger partial charge < -0.3 is 14.2 Å². The summed E-state index contributed by atoms with van der Waals surface area (Å²) in [6.45, 7) is 5.03. The second kappa shape index (κ2) is 10.0. The van der Waals surface area contributed by atoms with Crippen molar-refractivity contribution in [2.75, 3.05) is 20.3 Å². The van der Waals surface area contributed by atoms with E-state index in [-0.39, 0.29) is 5.78 Å². The fourth-order valence-corrected chi connectivity index (χ4v) is 3.71. The van der Waals surface area contributed by atoms with Crippen LogP contribution in [0, 0.1) is 0 Å². The van der Waals surface area contributed by atoms with Gasteiger partial charge in [0.2, 0.25) is 0 Å². The van der Waals surface area contributed by atoms with Crippen LogP contribution in [0.4, 0.5) is 0 Å². The zero-order valence-corrected chi connectivity index (χ0v) is 17.6. The molecule has 0 aliphatic carbocycles. The highest BCUT2D eigenvalue weighted by molar-refractivity contribution is 7.13. The molecular formula is C22H24N2O4S. The molecule has 2 heterocycles. The van der Waals surface area contributed by atoms with E-state index in [1.54, 1.807) is 29.7 Å². The van der Waals surface area contributed by atoms with E-state index in [0.717, 1.165) is 22.0 Å². The second-order valence-electron chi connectivity index (χ2n) is 6.15. The molecular weight excluding hydrogens is 388 g/mol. The van der Waals surface area contributed by atoms with Crippen molar-refractivity contribution < 1.29 is 19.0 Å². The Kier molecular flexibility index (Phi) is 7.19. The first-order valence-electron chi connectivity index (χ1n) is 9.52. The Bertz CT molecular complexity index is 971. The van der Waals surface area contributed by atoms with Crippen molar-refractivity contribution >= 4 is 17.1 Å². The Morgan fingerprint density at radius 1 is 1.07 bits per heavy atom. The Morgan fingerprint density at radius 2 is 1.86 bits per heavy atom. The molecule has 3 rings (SSSR count). The zero-order chi connectivity index (χ0) is 20.6. The lowest BCUT2D eigenvalue weighted by Crippen LogP contribution is -2.06. The van der Waals surface area contributed by atoms with Gasteiger partial charge in [-0.2, -0.15) is 0 Å². The van der Waals surface area contributed by atoms with Gasteiger partial charge in [0.1, 0.15) is 16.5 Å². The molecule has 2 aromatic heterocycles. The van der Waals surface area contributed by atoms with Gasteiger partial charge in [0.05, 0.1) is 26.0 Å². The SMILES string of the molecule is CCOc1ccc(-c2nc(CCC(=O)c3ncccc3OC)cs2)cc1OCC. The highest BCUT2D eigenvalue weighted by Crippen LogP contribution is 2.34. The van der Waals surface area contributed by atoms with Gasteiger partial charge in [-0.25, -0.2) is 9.97 Å². The molecule has 6 nitrogen and oxygen atoms in total. The number of rotatable bonds is 10. The van der Waals surface area contributed by atoms with Crippen LogP contribution in [0.15, 0.2) is 41.9 Å². The summed E-state index contributed by atoms with van der Waals surface area (Å²) in [5, 5.41) is 2.86. The van der Waals surface area contributed by atoms with Gasteiger partial charge in [0.25, 0.3) is 0 Å². The molecule has 0 atom stereocenters. The van der Waals surface area contributed by atoms with Crippen molar-refractivity contribution in [2.24, 2.45) is 0 Å². The molecule has 0 unspecified atom stereocenters. The molecule has 0 fully saturated rings. The number of thiazole rings is 1.